The molecule has 2 rings (SSSR count). The third-order valence-corrected chi connectivity index (χ3v) is 4.46. The highest BCUT2D eigenvalue weighted by atomic mass is 16.7. The Bertz CT molecular complexity index is 556. The Morgan fingerprint density at radius 1 is 0.893 bits per heavy atom. The molecular weight excluding hydrogens is 388 g/mol. The van der Waals surface area contributed by atoms with Crippen molar-refractivity contribution in [1.82, 2.24) is 0 Å². The van der Waals surface area contributed by atoms with Crippen molar-refractivity contribution in [2.75, 3.05) is 6.61 Å². The maximum absolute atomic E-state index is 11.4. The number of ether oxygens (including phenoxy) is 4. The Morgan fingerprint density at radius 3 is 2.14 bits per heavy atom. The van der Waals surface area contributed by atoms with Gasteiger partial charge in [0.25, 0.3) is 0 Å². The number of carboxylic acid groups (broad SMARTS) is 1. The molecule has 2 fully saturated rings. The first-order chi connectivity index (χ1) is 13.0. The average molecular weight is 412 g/mol. The van der Waals surface area contributed by atoms with Crippen LogP contribution in [0.15, 0.2) is 0 Å². The van der Waals surface area contributed by atoms with Gasteiger partial charge < -0.3 is 54.7 Å². The van der Waals surface area contributed by atoms with E-state index in [1.807, 2.05) is 0 Å². The van der Waals surface area contributed by atoms with Crippen LogP contribution in [0.2, 0.25) is 0 Å². The van der Waals surface area contributed by atoms with E-state index in [9.17, 15) is 40.2 Å². The number of carbonyl (C=O) groups is 2. The summed E-state index contributed by atoms with van der Waals surface area (Å²) in [4.78, 5) is 21.9. The van der Waals surface area contributed by atoms with Gasteiger partial charge >= 0.3 is 11.9 Å². The van der Waals surface area contributed by atoms with E-state index in [2.05, 4.69) is 0 Å². The van der Waals surface area contributed by atoms with Crippen LogP contribution in [-0.4, -0.2) is 116 Å². The SMILES string of the molecule is C[C@@H]1O[C@@H](O[C@H]2[C@H](O)[C@@H](O)[C@H](O)O[C@@H]2COC(=O)CC(=O)O)[C@H](O)[C@H](O)[C@H]1O. The molecule has 0 saturated carbocycles. The lowest BCUT2D eigenvalue weighted by atomic mass is 9.97. The number of carbonyl (C=O) groups excluding carboxylic acids is 1. The van der Waals surface area contributed by atoms with Crippen LogP contribution in [0.5, 0.6) is 0 Å². The summed E-state index contributed by atoms with van der Waals surface area (Å²) in [7, 11) is 0. The van der Waals surface area contributed by atoms with Crippen molar-refractivity contribution in [2.45, 2.75) is 74.8 Å². The van der Waals surface area contributed by atoms with Gasteiger partial charge in [-0.2, -0.15) is 0 Å². The summed E-state index contributed by atoms with van der Waals surface area (Å²) in [5, 5.41) is 67.7. The molecule has 2 aliphatic heterocycles. The third kappa shape index (κ3) is 5.14. The van der Waals surface area contributed by atoms with Crippen molar-refractivity contribution in [1.29, 1.82) is 0 Å². The molecule has 2 saturated heterocycles. The van der Waals surface area contributed by atoms with Crippen LogP contribution in [0.3, 0.4) is 0 Å². The molecule has 0 aromatic carbocycles. The molecule has 0 spiro atoms. The molecule has 13 nitrogen and oxygen atoms in total. The molecule has 0 bridgehead atoms. The fraction of sp³-hybridized carbons (Fsp3) is 0.867. The molecule has 13 heteroatoms. The van der Waals surface area contributed by atoms with Gasteiger partial charge in [0, 0.05) is 0 Å². The number of aliphatic hydroxyl groups is 6. The Morgan fingerprint density at radius 2 is 1.54 bits per heavy atom. The van der Waals surface area contributed by atoms with Gasteiger partial charge in [-0.3, -0.25) is 9.59 Å². The lowest BCUT2D eigenvalue weighted by Gasteiger charge is -2.45. The van der Waals surface area contributed by atoms with Gasteiger partial charge in [0.1, 0.15) is 55.8 Å². The zero-order chi connectivity index (χ0) is 21.2. The fourth-order valence-corrected chi connectivity index (χ4v) is 2.85. The molecule has 28 heavy (non-hydrogen) atoms. The van der Waals surface area contributed by atoms with E-state index >= 15 is 0 Å². The van der Waals surface area contributed by atoms with Gasteiger partial charge in [-0.1, -0.05) is 0 Å². The predicted molar refractivity (Wildman–Crippen MR) is 83.3 cm³/mol. The second-order valence-electron chi connectivity index (χ2n) is 6.58. The topological polar surface area (TPSA) is 213 Å². The monoisotopic (exact) mass is 412 g/mol. The molecule has 0 aromatic rings. The lowest BCUT2D eigenvalue weighted by Crippen LogP contribution is -2.64. The van der Waals surface area contributed by atoms with Crippen LogP contribution < -0.4 is 0 Å². The van der Waals surface area contributed by atoms with Crippen molar-refractivity contribution < 1.29 is 64.3 Å². The second-order valence-corrected chi connectivity index (χ2v) is 6.58. The first-order valence-corrected chi connectivity index (χ1v) is 8.45. The highest BCUT2D eigenvalue weighted by Gasteiger charge is 2.50. The van der Waals surface area contributed by atoms with E-state index in [1.165, 1.54) is 6.92 Å². The number of aliphatic carboxylic acids is 1. The van der Waals surface area contributed by atoms with Crippen molar-refractivity contribution in [2.24, 2.45) is 0 Å². The van der Waals surface area contributed by atoms with Crippen molar-refractivity contribution in [3.05, 3.63) is 0 Å². The molecule has 0 aromatic heterocycles. The summed E-state index contributed by atoms with van der Waals surface area (Å²) < 4.78 is 20.4. The minimum atomic E-state index is -1.86. The number of hydrogen-bond acceptors (Lipinski definition) is 12. The fourth-order valence-electron chi connectivity index (χ4n) is 2.85. The molecule has 10 atom stereocenters. The zero-order valence-corrected chi connectivity index (χ0v) is 14.8. The normalized spacial score (nSPS) is 44.1. The molecule has 0 radical (unpaired) electrons. The van der Waals surface area contributed by atoms with Gasteiger partial charge in [-0.25, -0.2) is 0 Å². The van der Waals surface area contributed by atoms with E-state index in [0.717, 1.165) is 0 Å². The average Bonchev–Trinajstić information content (AvgIpc) is 2.62. The van der Waals surface area contributed by atoms with E-state index in [0.29, 0.717) is 0 Å². The predicted octanol–water partition coefficient (Wildman–Crippen LogP) is -4.34. The number of esters is 1. The largest absolute Gasteiger partial charge is 0.481 e. The van der Waals surface area contributed by atoms with Crippen LogP contribution in [0.1, 0.15) is 13.3 Å². The van der Waals surface area contributed by atoms with E-state index < -0.39 is 86.4 Å². The molecular formula is C15H24O13. The highest BCUT2D eigenvalue weighted by molar-refractivity contribution is 5.90. The summed E-state index contributed by atoms with van der Waals surface area (Å²) in [6.07, 6.45) is -16.5. The first kappa shape index (κ1) is 22.9. The number of rotatable bonds is 6. The Labute approximate surface area is 158 Å². The smallest absolute Gasteiger partial charge is 0.317 e. The third-order valence-electron chi connectivity index (χ3n) is 4.46. The zero-order valence-electron chi connectivity index (χ0n) is 14.8. The molecule has 7 N–H and O–H groups in total. The van der Waals surface area contributed by atoms with Gasteiger partial charge in [-0.05, 0) is 6.92 Å². The molecule has 162 valence electrons. The Balaban J connectivity index is 2.09. The van der Waals surface area contributed by atoms with Gasteiger partial charge in [0.2, 0.25) is 0 Å². The standard InChI is InChI=1S/C15H24O13/c1-4-8(19)9(20)12(23)15(26-4)28-13-5(3-25-7(18)2-6(16)17)27-14(24)11(22)10(13)21/h4-5,8-15,19-24H,2-3H2,1H3,(H,16,17)/t4-,5+,8-,9+,10+,11+,12+,13+,14+,15-/m0/s1. The summed E-state index contributed by atoms with van der Waals surface area (Å²) in [5.41, 5.74) is 0. The summed E-state index contributed by atoms with van der Waals surface area (Å²) in [6, 6.07) is 0. The van der Waals surface area contributed by atoms with Crippen molar-refractivity contribution in [3.8, 4) is 0 Å². The minimum absolute atomic E-state index is 0.652. The van der Waals surface area contributed by atoms with Crippen molar-refractivity contribution in [3.63, 3.8) is 0 Å². The van der Waals surface area contributed by atoms with Crippen LogP contribution in [0.25, 0.3) is 0 Å². The number of aliphatic hydroxyl groups excluding tert-OH is 6. The van der Waals surface area contributed by atoms with Gasteiger partial charge in [0.05, 0.1) is 6.10 Å². The molecule has 2 aliphatic rings. The van der Waals surface area contributed by atoms with E-state index in [1.54, 1.807) is 0 Å². The first-order valence-electron chi connectivity index (χ1n) is 8.45. The minimum Gasteiger partial charge on any atom is -0.481 e. The van der Waals surface area contributed by atoms with Crippen LogP contribution >= 0.6 is 0 Å². The summed E-state index contributed by atoms with van der Waals surface area (Å²) >= 11 is 0. The van der Waals surface area contributed by atoms with Gasteiger partial charge in [-0.15, -0.1) is 0 Å². The maximum atomic E-state index is 11.4. The molecule has 0 aliphatic carbocycles. The van der Waals surface area contributed by atoms with E-state index in [-0.39, 0.29) is 0 Å². The lowest BCUT2D eigenvalue weighted by molar-refractivity contribution is -0.352. The van der Waals surface area contributed by atoms with Crippen molar-refractivity contribution >= 4 is 11.9 Å². The van der Waals surface area contributed by atoms with Crippen LogP contribution in [0.4, 0.5) is 0 Å². The molecule has 0 amide bonds. The highest BCUT2D eigenvalue weighted by Crippen LogP contribution is 2.28. The number of hydrogen-bond donors (Lipinski definition) is 7. The van der Waals surface area contributed by atoms with E-state index in [4.69, 9.17) is 24.1 Å². The molecule has 2 heterocycles. The maximum Gasteiger partial charge on any atom is 0.317 e. The molecule has 0 unspecified atom stereocenters. The van der Waals surface area contributed by atoms with Crippen LogP contribution in [-0.2, 0) is 28.5 Å². The summed E-state index contributed by atoms with van der Waals surface area (Å²) in [5.74, 6) is -2.55. The second kappa shape index (κ2) is 9.39. The Kier molecular flexibility index (Phi) is 7.66. The summed E-state index contributed by atoms with van der Waals surface area (Å²) in [6.45, 7) is 0.745. The van der Waals surface area contributed by atoms with Gasteiger partial charge in [0.15, 0.2) is 12.6 Å². The Hall–Kier alpha value is -1.42. The number of carboxylic acids is 1. The van der Waals surface area contributed by atoms with Crippen LogP contribution in [0, 0.1) is 0 Å². The quantitative estimate of drug-likeness (QED) is 0.162.